The summed E-state index contributed by atoms with van der Waals surface area (Å²) in [6.07, 6.45) is 0.431. The number of amides is 1. The minimum absolute atomic E-state index is 0.141. The van der Waals surface area contributed by atoms with Crippen LogP contribution in [0.2, 0.25) is 0 Å². The van der Waals surface area contributed by atoms with Crippen LogP contribution < -0.4 is 5.32 Å². The third kappa shape index (κ3) is 4.44. The molecule has 2 unspecified atom stereocenters. The van der Waals surface area contributed by atoms with Crippen molar-refractivity contribution in [1.82, 2.24) is 9.21 Å². The molecule has 8 nitrogen and oxygen atoms in total. The second-order valence-electron chi connectivity index (χ2n) is 8.37. The molecule has 1 fully saturated rings. The number of nitrogens with zero attached hydrogens (tertiary/aromatic N) is 3. The van der Waals surface area contributed by atoms with Gasteiger partial charge in [-0.1, -0.05) is 0 Å². The molecule has 0 bridgehead atoms. The van der Waals surface area contributed by atoms with E-state index < -0.39 is 10.0 Å². The van der Waals surface area contributed by atoms with Crippen LogP contribution in [0.25, 0.3) is 0 Å². The molecule has 1 N–H and O–H groups in total. The van der Waals surface area contributed by atoms with Crippen molar-refractivity contribution in [2.75, 3.05) is 32.0 Å². The number of carbonyl (C=O) groups excluding carboxylic acids is 1. The molecule has 2 aliphatic heterocycles. The van der Waals surface area contributed by atoms with Crippen molar-refractivity contribution in [2.45, 2.75) is 43.9 Å². The molecule has 2 aliphatic rings. The Morgan fingerprint density at radius 3 is 2.50 bits per heavy atom. The normalized spacial score (nSPS) is 22.2. The van der Waals surface area contributed by atoms with Crippen LogP contribution in [0.1, 0.15) is 40.2 Å². The Morgan fingerprint density at radius 2 is 1.88 bits per heavy atom. The van der Waals surface area contributed by atoms with Crippen LogP contribution in [-0.2, 0) is 27.7 Å². The van der Waals surface area contributed by atoms with Gasteiger partial charge in [0.1, 0.15) is 11.1 Å². The molecular formula is C22H26N4O4S2. The number of hydrogen-bond donors (Lipinski definition) is 1. The summed E-state index contributed by atoms with van der Waals surface area (Å²) in [5.74, 6) is -0.369. The number of nitrogens with one attached hydrogen (secondary N) is 1. The van der Waals surface area contributed by atoms with Crippen molar-refractivity contribution in [3.63, 3.8) is 0 Å². The number of thiophene rings is 1. The lowest BCUT2D eigenvalue weighted by molar-refractivity contribution is -0.0440. The van der Waals surface area contributed by atoms with Gasteiger partial charge in [-0.2, -0.15) is 9.57 Å². The predicted octanol–water partition coefficient (Wildman–Crippen LogP) is 2.66. The molecule has 4 rings (SSSR count). The smallest absolute Gasteiger partial charge is 0.256 e. The minimum Gasteiger partial charge on any atom is -0.373 e. The summed E-state index contributed by atoms with van der Waals surface area (Å²) in [5.41, 5.74) is 1.88. The number of sulfonamides is 1. The first-order chi connectivity index (χ1) is 15.2. The zero-order valence-corrected chi connectivity index (χ0v) is 19.9. The van der Waals surface area contributed by atoms with Crippen molar-refractivity contribution in [3.05, 3.63) is 45.8 Å². The number of nitriles is 1. The Bertz CT molecular complexity index is 1160. The number of rotatable bonds is 4. The van der Waals surface area contributed by atoms with E-state index in [1.165, 1.54) is 39.9 Å². The summed E-state index contributed by atoms with van der Waals surface area (Å²) >= 11 is 1.43. The third-order valence-corrected chi connectivity index (χ3v) is 8.71. The van der Waals surface area contributed by atoms with Crippen molar-refractivity contribution >= 4 is 32.3 Å². The van der Waals surface area contributed by atoms with E-state index in [2.05, 4.69) is 16.3 Å². The van der Waals surface area contributed by atoms with Crippen LogP contribution in [0, 0.1) is 11.3 Å². The zero-order chi connectivity index (χ0) is 23.0. The second-order valence-corrected chi connectivity index (χ2v) is 11.4. The Kier molecular flexibility index (Phi) is 6.38. The van der Waals surface area contributed by atoms with Gasteiger partial charge in [-0.15, -0.1) is 11.3 Å². The monoisotopic (exact) mass is 474 g/mol. The predicted molar refractivity (Wildman–Crippen MR) is 122 cm³/mol. The highest BCUT2D eigenvalue weighted by Crippen LogP contribution is 2.36. The molecule has 0 saturated carbocycles. The highest BCUT2D eigenvalue weighted by Gasteiger charge is 2.32. The van der Waals surface area contributed by atoms with Gasteiger partial charge < -0.3 is 15.0 Å². The zero-order valence-electron chi connectivity index (χ0n) is 18.3. The summed E-state index contributed by atoms with van der Waals surface area (Å²) < 4.78 is 33.1. The van der Waals surface area contributed by atoms with Crippen LogP contribution >= 0.6 is 11.3 Å². The molecule has 1 saturated heterocycles. The number of fused-ring (bicyclic) bond motifs is 1. The summed E-state index contributed by atoms with van der Waals surface area (Å²) in [5, 5.41) is 13.0. The van der Waals surface area contributed by atoms with Gasteiger partial charge in [-0.3, -0.25) is 4.79 Å². The van der Waals surface area contributed by atoms with Gasteiger partial charge >= 0.3 is 0 Å². The quantitative estimate of drug-likeness (QED) is 0.731. The molecule has 1 aromatic heterocycles. The highest BCUT2D eigenvalue weighted by molar-refractivity contribution is 7.89. The maximum Gasteiger partial charge on any atom is 0.256 e. The van der Waals surface area contributed by atoms with Crippen molar-refractivity contribution in [1.29, 1.82) is 5.26 Å². The average Bonchev–Trinajstić information content (AvgIpc) is 3.08. The van der Waals surface area contributed by atoms with Gasteiger partial charge in [0, 0.05) is 36.6 Å². The fourth-order valence-corrected chi connectivity index (χ4v) is 7.03. The maximum atomic E-state index is 13.0. The first-order valence-corrected chi connectivity index (χ1v) is 12.7. The third-order valence-electron chi connectivity index (χ3n) is 5.73. The molecular weight excluding hydrogens is 448 g/mol. The molecule has 10 heteroatoms. The Labute approximate surface area is 192 Å². The van der Waals surface area contributed by atoms with E-state index in [-0.39, 0.29) is 23.0 Å². The van der Waals surface area contributed by atoms with Crippen molar-refractivity contribution in [3.8, 4) is 6.07 Å². The van der Waals surface area contributed by atoms with Crippen LogP contribution in [-0.4, -0.2) is 62.4 Å². The number of carbonyl (C=O) groups is 1. The van der Waals surface area contributed by atoms with E-state index in [0.717, 1.165) is 30.0 Å². The van der Waals surface area contributed by atoms with E-state index in [9.17, 15) is 18.5 Å². The molecule has 3 heterocycles. The van der Waals surface area contributed by atoms with Gasteiger partial charge in [-0.25, -0.2) is 8.42 Å². The number of anilines is 1. The molecule has 0 spiro atoms. The number of ether oxygens (including phenoxy) is 1. The molecule has 0 aliphatic carbocycles. The minimum atomic E-state index is -3.67. The topological polar surface area (TPSA) is 103 Å². The number of morpholine rings is 1. The second kappa shape index (κ2) is 8.92. The highest BCUT2D eigenvalue weighted by atomic mass is 32.2. The van der Waals surface area contributed by atoms with Gasteiger partial charge in [0.05, 0.1) is 22.7 Å². The molecule has 32 heavy (non-hydrogen) atoms. The fourth-order valence-electron chi connectivity index (χ4n) is 4.17. The Balaban J connectivity index is 1.51. The first kappa shape index (κ1) is 22.9. The lowest BCUT2D eigenvalue weighted by Gasteiger charge is -2.34. The van der Waals surface area contributed by atoms with Gasteiger partial charge in [-0.05, 0) is 57.1 Å². The summed E-state index contributed by atoms with van der Waals surface area (Å²) in [6, 6.07) is 8.14. The molecule has 1 aromatic carbocycles. The fraction of sp³-hybridized carbons (Fsp3) is 0.455. The SMILES string of the molecule is CC1CN(S(=O)(=O)c2ccc(C(=O)Nc3sc4c(c3C#N)CCN(C)C4)cc2)CC(C)O1. The summed E-state index contributed by atoms with van der Waals surface area (Å²) in [6.45, 7) is 5.93. The summed E-state index contributed by atoms with van der Waals surface area (Å²) in [4.78, 5) is 16.2. The van der Waals surface area contributed by atoms with Crippen molar-refractivity contribution < 1.29 is 17.9 Å². The molecule has 2 atom stereocenters. The van der Waals surface area contributed by atoms with Gasteiger partial charge in [0.15, 0.2) is 0 Å². The van der Waals surface area contributed by atoms with E-state index in [1.54, 1.807) is 0 Å². The van der Waals surface area contributed by atoms with Crippen LogP contribution in [0.4, 0.5) is 5.00 Å². The number of likely N-dealkylation sites (N-methyl/N-ethyl adjacent to an activating group) is 1. The van der Waals surface area contributed by atoms with E-state index in [1.807, 2.05) is 20.9 Å². The molecule has 0 radical (unpaired) electrons. The van der Waals surface area contributed by atoms with E-state index in [4.69, 9.17) is 4.74 Å². The van der Waals surface area contributed by atoms with E-state index >= 15 is 0 Å². The van der Waals surface area contributed by atoms with E-state index in [0.29, 0.717) is 29.2 Å². The lowest BCUT2D eigenvalue weighted by Crippen LogP contribution is -2.48. The molecule has 2 aromatic rings. The lowest BCUT2D eigenvalue weighted by atomic mass is 10.0. The standard InChI is InChI=1S/C22H26N4O4S2/c1-14-11-26(12-15(2)30-14)32(28,29)17-6-4-16(5-7-17)21(27)24-22-19(10-23)18-8-9-25(3)13-20(18)31-22/h4-7,14-15H,8-9,11-13H2,1-3H3,(H,24,27). The molecule has 170 valence electrons. The summed E-state index contributed by atoms with van der Waals surface area (Å²) in [7, 11) is -1.64. The molecule has 1 amide bonds. The number of hydrogen-bond acceptors (Lipinski definition) is 7. The van der Waals surface area contributed by atoms with Crippen LogP contribution in [0.15, 0.2) is 29.2 Å². The Hall–Kier alpha value is -2.29. The maximum absolute atomic E-state index is 13.0. The van der Waals surface area contributed by atoms with Crippen LogP contribution in [0.5, 0.6) is 0 Å². The van der Waals surface area contributed by atoms with Crippen molar-refractivity contribution in [2.24, 2.45) is 0 Å². The van der Waals surface area contributed by atoms with Gasteiger partial charge in [0.2, 0.25) is 10.0 Å². The first-order valence-electron chi connectivity index (χ1n) is 10.5. The Morgan fingerprint density at radius 1 is 1.22 bits per heavy atom. The average molecular weight is 475 g/mol. The largest absolute Gasteiger partial charge is 0.373 e. The van der Waals surface area contributed by atoms with Crippen LogP contribution in [0.3, 0.4) is 0 Å². The van der Waals surface area contributed by atoms with Gasteiger partial charge in [0.25, 0.3) is 5.91 Å². The number of benzene rings is 1.